The van der Waals surface area contributed by atoms with E-state index in [2.05, 4.69) is 40.2 Å². The maximum atomic E-state index is 13.6. The zero-order chi connectivity index (χ0) is 22.6. The molecule has 2 heterocycles. The van der Waals surface area contributed by atoms with Crippen LogP contribution in [-0.4, -0.2) is 68.3 Å². The molecule has 0 aromatic carbocycles. The van der Waals surface area contributed by atoms with Crippen molar-refractivity contribution in [3.8, 4) is 0 Å². The molecule has 2 saturated heterocycles. The van der Waals surface area contributed by atoms with Gasteiger partial charge in [-0.05, 0) is 74.6 Å². The predicted molar refractivity (Wildman–Crippen MR) is 128 cm³/mol. The number of likely N-dealkylation sites (tertiary alicyclic amines) is 2. The first-order valence-corrected chi connectivity index (χ1v) is 13.0. The summed E-state index contributed by atoms with van der Waals surface area (Å²) in [6.07, 6.45) is 18.9. The van der Waals surface area contributed by atoms with Crippen molar-refractivity contribution in [2.75, 3.05) is 40.4 Å². The summed E-state index contributed by atoms with van der Waals surface area (Å²) in [6.45, 7) is 4.15. The van der Waals surface area contributed by atoms with Crippen molar-refractivity contribution in [2.24, 2.45) is 23.2 Å². The molecule has 5 heteroatoms. The number of carbonyl (C=O) groups is 1. The first-order chi connectivity index (χ1) is 16.1. The largest absolute Gasteiger partial charge is 0.497 e. The second-order valence-electron chi connectivity index (χ2n) is 11.2. The van der Waals surface area contributed by atoms with Gasteiger partial charge in [0.15, 0.2) is 0 Å². The van der Waals surface area contributed by atoms with Crippen molar-refractivity contribution in [3.05, 3.63) is 47.3 Å². The zero-order valence-electron chi connectivity index (χ0n) is 20.2. The molecular formula is C28H38N2O3. The fourth-order valence-electron chi connectivity index (χ4n) is 7.38. The number of carbonyl (C=O) groups excluding carboxylic acids is 1. The molecule has 1 saturated carbocycles. The average molecular weight is 451 g/mol. The minimum atomic E-state index is 0.0406. The third-order valence-corrected chi connectivity index (χ3v) is 9.40. The Labute approximate surface area is 198 Å². The molecule has 3 fully saturated rings. The van der Waals surface area contributed by atoms with Gasteiger partial charge < -0.3 is 14.4 Å². The summed E-state index contributed by atoms with van der Waals surface area (Å²) < 4.78 is 11.1. The summed E-state index contributed by atoms with van der Waals surface area (Å²) in [5, 5.41) is 0. The van der Waals surface area contributed by atoms with E-state index in [1.54, 1.807) is 12.7 Å². The molecule has 0 radical (unpaired) electrons. The molecule has 178 valence electrons. The Morgan fingerprint density at radius 3 is 2.73 bits per heavy atom. The molecule has 2 bridgehead atoms. The lowest BCUT2D eigenvalue weighted by atomic mass is 9.52. The van der Waals surface area contributed by atoms with Gasteiger partial charge in [0.1, 0.15) is 5.76 Å². The Hall–Kier alpha value is -1.85. The van der Waals surface area contributed by atoms with Gasteiger partial charge in [0.2, 0.25) is 5.91 Å². The SMILES string of the molecule is COC1=CCC(CN2C[C@H]3[C@H]4CC5=C(CC(OC)C=C5)[C@@]3(CCN4CC3CC3)CC2=O)C=C1. The highest BCUT2D eigenvalue weighted by atomic mass is 16.5. The molecule has 4 aliphatic carbocycles. The summed E-state index contributed by atoms with van der Waals surface area (Å²) in [4.78, 5) is 18.6. The standard InChI is InChI=1S/C28H38N2O3/c1-32-22-8-5-20(6-9-22)17-30-18-25-26-13-21-7-10-23(33-2)14-24(21)28(25,15-27(30)31)11-12-29(26)16-19-3-4-19/h5,7-10,19-20,23,25-26H,3-4,6,11-18H2,1-2H3/t20?,23?,25-,26+,28+/m0/s1. The minimum absolute atomic E-state index is 0.0406. The first-order valence-electron chi connectivity index (χ1n) is 13.0. The van der Waals surface area contributed by atoms with Crippen molar-refractivity contribution >= 4 is 5.91 Å². The van der Waals surface area contributed by atoms with Crippen molar-refractivity contribution in [1.82, 2.24) is 9.80 Å². The Bertz CT molecular complexity index is 929. The van der Waals surface area contributed by atoms with Gasteiger partial charge in [0.05, 0.1) is 13.2 Å². The second-order valence-corrected chi connectivity index (χ2v) is 11.2. The summed E-state index contributed by atoms with van der Waals surface area (Å²) >= 11 is 0. The van der Waals surface area contributed by atoms with Crippen LogP contribution < -0.4 is 0 Å². The fourth-order valence-corrected chi connectivity index (χ4v) is 7.38. The molecule has 6 rings (SSSR count). The van der Waals surface area contributed by atoms with E-state index in [0.29, 0.717) is 30.2 Å². The first kappa shape index (κ1) is 21.7. The van der Waals surface area contributed by atoms with Crippen molar-refractivity contribution in [1.29, 1.82) is 0 Å². The van der Waals surface area contributed by atoms with Gasteiger partial charge in [-0.2, -0.15) is 0 Å². The zero-order valence-corrected chi connectivity index (χ0v) is 20.2. The molecule has 2 aliphatic heterocycles. The van der Waals surface area contributed by atoms with E-state index >= 15 is 0 Å². The minimum Gasteiger partial charge on any atom is -0.497 e. The predicted octanol–water partition coefficient (Wildman–Crippen LogP) is 4.09. The average Bonchev–Trinajstić information content (AvgIpc) is 3.66. The molecule has 2 unspecified atom stereocenters. The summed E-state index contributed by atoms with van der Waals surface area (Å²) in [5.41, 5.74) is 3.11. The van der Waals surface area contributed by atoms with E-state index in [1.807, 2.05) is 7.11 Å². The molecule has 0 spiro atoms. The topological polar surface area (TPSA) is 42.0 Å². The van der Waals surface area contributed by atoms with Gasteiger partial charge in [0, 0.05) is 50.5 Å². The van der Waals surface area contributed by atoms with Crippen LogP contribution in [-0.2, 0) is 14.3 Å². The van der Waals surface area contributed by atoms with Crippen LogP contribution >= 0.6 is 0 Å². The molecule has 5 nitrogen and oxygen atoms in total. The Morgan fingerprint density at radius 2 is 2.00 bits per heavy atom. The van der Waals surface area contributed by atoms with Crippen LogP contribution in [0.25, 0.3) is 0 Å². The molecular weight excluding hydrogens is 412 g/mol. The monoisotopic (exact) mass is 450 g/mol. The number of hydrogen-bond acceptors (Lipinski definition) is 4. The van der Waals surface area contributed by atoms with E-state index in [-0.39, 0.29) is 11.5 Å². The third kappa shape index (κ3) is 3.81. The lowest BCUT2D eigenvalue weighted by Crippen LogP contribution is -2.65. The number of rotatable bonds is 6. The van der Waals surface area contributed by atoms with E-state index in [9.17, 15) is 4.79 Å². The van der Waals surface area contributed by atoms with Gasteiger partial charge in [-0.25, -0.2) is 0 Å². The molecule has 0 N–H and O–H groups in total. The number of piperidine rings is 2. The quantitative estimate of drug-likeness (QED) is 0.611. The summed E-state index contributed by atoms with van der Waals surface area (Å²) in [7, 11) is 3.53. The van der Waals surface area contributed by atoms with Crippen LogP contribution in [0.5, 0.6) is 0 Å². The van der Waals surface area contributed by atoms with E-state index in [0.717, 1.165) is 57.0 Å². The highest BCUT2D eigenvalue weighted by molar-refractivity contribution is 5.79. The highest BCUT2D eigenvalue weighted by Gasteiger charge is 2.58. The van der Waals surface area contributed by atoms with Crippen molar-refractivity contribution in [3.63, 3.8) is 0 Å². The number of methoxy groups -OCH3 is 2. The summed E-state index contributed by atoms with van der Waals surface area (Å²) in [6, 6.07) is 0.569. The number of amides is 1. The number of ether oxygens (including phenoxy) is 2. The molecule has 0 aromatic heterocycles. The van der Waals surface area contributed by atoms with E-state index < -0.39 is 0 Å². The Morgan fingerprint density at radius 1 is 1.12 bits per heavy atom. The molecule has 33 heavy (non-hydrogen) atoms. The maximum absolute atomic E-state index is 13.6. The lowest BCUT2D eigenvalue weighted by Gasteiger charge is -2.61. The normalized spacial score (nSPS) is 38.2. The molecule has 1 amide bonds. The number of nitrogens with zero attached hydrogens (tertiary/aromatic N) is 2. The van der Waals surface area contributed by atoms with Crippen LogP contribution in [0.15, 0.2) is 47.3 Å². The van der Waals surface area contributed by atoms with Gasteiger partial charge in [-0.15, -0.1) is 0 Å². The van der Waals surface area contributed by atoms with Crippen LogP contribution in [0.1, 0.15) is 44.9 Å². The number of hydrogen-bond donors (Lipinski definition) is 0. The van der Waals surface area contributed by atoms with Crippen molar-refractivity contribution < 1.29 is 14.3 Å². The van der Waals surface area contributed by atoms with Crippen LogP contribution in [0, 0.1) is 23.2 Å². The Balaban J connectivity index is 1.27. The van der Waals surface area contributed by atoms with Crippen LogP contribution in [0.3, 0.4) is 0 Å². The highest BCUT2D eigenvalue weighted by Crippen LogP contribution is 2.59. The summed E-state index contributed by atoms with van der Waals surface area (Å²) in [5.74, 6) is 3.13. The second kappa shape index (κ2) is 8.42. The van der Waals surface area contributed by atoms with E-state index in [1.165, 1.54) is 25.0 Å². The van der Waals surface area contributed by atoms with Crippen LogP contribution in [0.4, 0.5) is 0 Å². The van der Waals surface area contributed by atoms with Gasteiger partial charge in [-0.3, -0.25) is 9.69 Å². The van der Waals surface area contributed by atoms with Gasteiger partial charge in [0.25, 0.3) is 0 Å². The lowest BCUT2D eigenvalue weighted by molar-refractivity contribution is -0.149. The molecule has 0 aromatic rings. The molecule has 6 aliphatic rings. The maximum Gasteiger partial charge on any atom is 0.223 e. The van der Waals surface area contributed by atoms with Crippen molar-refractivity contribution in [2.45, 2.75) is 57.1 Å². The van der Waals surface area contributed by atoms with Gasteiger partial charge in [-0.1, -0.05) is 23.8 Å². The Kier molecular flexibility index (Phi) is 5.53. The van der Waals surface area contributed by atoms with E-state index in [4.69, 9.17) is 9.47 Å². The van der Waals surface area contributed by atoms with Gasteiger partial charge >= 0.3 is 0 Å². The number of allylic oxidation sites excluding steroid dienone is 3. The fraction of sp³-hybridized carbons (Fsp3) is 0.679. The smallest absolute Gasteiger partial charge is 0.223 e. The molecule has 5 atom stereocenters. The van der Waals surface area contributed by atoms with Crippen LogP contribution in [0.2, 0.25) is 0 Å². The third-order valence-electron chi connectivity index (χ3n) is 9.40.